The smallest absolute Gasteiger partial charge is 0.409 e. The summed E-state index contributed by atoms with van der Waals surface area (Å²) in [6.45, 7) is 0. The van der Waals surface area contributed by atoms with Crippen LogP contribution in [0.25, 0.3) is 0 Å². The summed E-state index contributed by atoms with van der Waals surface area (Å²) >= 11 is 5.78. The van der Waals surface area contributed by atoms with E-state index in [0.29, 0.717) is 10.7 Å². The molecule has 0 radical (unpaired) electrons. The number of carbonyl (C=O) groups is 1. The van der Waals surface area contributed by atoms with Crippen LogP contribution in [0.1, 0.15) is 0 Å². The van der Waals surface area contributed by atoms with Crippen molar-refractivity contribution in [3.8, 4) is 5.75 Å². The van der Waals surface area contributed by atoms with Gasteiger partial charge in [0, 0.05) is 13.1 Å². The third-order valence-corrected chi connectivity index (χ3v) is 1.91. The summed E-state index contributed by atoms with van der Waals surface area (Å²) in [6, 6.07) is 2.67. The Morgan fingerprint density at radius 3 is 2.57 bits per heavy atom. The third-order valence-electron chi connectivity index (χ3n) is 1.60. The van der Waals surface area contributed by atoms with Crippen LogP contribution < -0.4 is 10.6 Å². The number of halogens is 1. The molecule has 0 saturated carbocycles. The molecule has 1 rings (SSSR count). The van der Waals surface area contributed by atoms with Crippen LogP contribution >= 0.6 is 11.6 Å². The molecule has 0 aromatic heterocycles. The highest BCUT2D eigenvalue weighted by Crippen LogP contribution is 2.33. The number of rotatable bonds is 2. The van der Waals surface area contributed by atoms with E-state index < -0.39 is 6.09 Å². The number of hydrogen-bond acceptors (Lipinski definition) is 3. The Morgan fingerprint density at radius 2 is 2.07 bits per heavy atom. The summed E-state index contributed by atoms with van der Waals surface area (Å²) in [7, 11) is 1.64. The number of benzene rings is 1. The standard InChI is InChI=1S/C8H9ClN2O3/c1-10-5-3-7(12)6(2-4(5)9)11-8(13)14/h2-3,10-12H,1H3,(H,13,14). The van der Waals surface area contributed by atoms with Crippen LogP contribution in [-0.4, -0.2) is 23.4 Å². The van der Waals surface area contributed by atoms with Gasteiger partial charge in [-0.1, -0.05) is 11.6 Å². The Balaban J connectivity index is 3.08. The van der Waals surface area contributed by atoms with E-state index >= 15 is 0 Å². The zero-order valence-electron chi connectivity index (χ0n) is 7.34. The molecule has 0 aliphatic carbocycles. The zero-order valence-corrected chi connectivity index (χ0v) is 8.09. The van der Waals surface area contributed by atoms with E-state index in [4.69, 9.17) is 16.7 Å². The number of carboxylic acid groups (broad SMARTS) is 1. The third kappa shape index (κ3) is 2.20. The summed E-state index contributed by atoms with van der Waals surface area (Å²) in [5.41, 5.74) is 0.585. The van der Waals surface area contributed by atoms with Gasteiger partial charge in [-0.15, -0.1) is 0 Å². The van der Waals surface area contributed by atoms with Gasteiger partial charge < -0.3 is 15.5 Å². The maximum absolute atomic E-state index is 10.3. The number of anilines is 2. The quantitative estimate of drug-likeness (QED) is 0.571. The molecule has 1 aromatic rings. The van der Waals surface area contributed by atoms with Crippen molar-refractivity contribution in [1.82, 2.24) is 0 Å². The highest BCUT2D eigenvalue weighted by Gasteiger charge is 2.08. The summed E-state index contributed by atoms with van der Waals surface area (Å²) in [6.07, 6.45) is -1.26. The highest BCUT2D eigenvalue weighted by atomic mass is 35.5. The van der Waals surface area contributed by atoms with Gasteiger partial charge in [0.1, 0.15) is 5.75 Å². The van der Waals surface area contributed by atoms with Crippen molar-refractivity contribution in [3.05, 3.63) is 17.2 Å². The lowest BCUT2D eigenvalue weighted by molar-refractivity contribution is 0.209. The maximum Gasteiger partial charge on any atom is 0.409 e. The molecule has 76 valence electrons. The van der Waals surface area contributed by atoms with Crippen LogP contribution in [0, 0.1) is 0 Å². The van der Waals surface area contributed by atoms with Gasteiger partial charge in [-0.05, 0) is 6.07 Å². The van der Waals surface area contributed by atoms with Crippen molar-refractivity contribution < 1.29 is 15.0 Å². The van der Waals surface area contributed by atoms with E-state index in [9.17, 15) is 9.90 Å². The molecule has 4 N–H and O–H groups in total. The van der Waals surface area contributed by atoms with E-state index in [1.165, 1.54) is 12.1 Å². The van der Waals surface area contributed by atoms with Crippen LogP contribution in [0.5, 0.6) is 5.75 Å². The van der Waals surface area contributed by atoms with Gasteiger partial charge in [-0.25, -0.2) is 4.79 Å². The second-order valence-corrected chi connectivity index (χ2v) is 2.94. The Labute approximate surface area is 85.3 Å². The van der Waals surface area contributed by atoms with Crippen LogP contribution in [0.15, 0.2) is 12.1 Å². The van der Waals surface area contributed by atoms with Gasteiger partial charge in [-0.2, -0.15) is 0 Å². The van der Waals surface area contributed by atoms with Gasteiger partial charge in [0.2, 0.25) is 0 Å². The maximum atomic E-state index is 10.3. The number of phenolic OH excluding ortho intramolecular Hbond substituents is 1. The minimum atomic E-state index is -1.26. The highest BCUT2D eigenvalue weighted by molar-refractivity contribution is 6.33. The molecule has 0 heterocycles. The number of aromatic hydroxyl groups is 1. The second-order valence-electron chi connectivity index (χ2n) is 2.53. The van der Waals surface area contributed by atoms with Crippen LogP contribution in [0.3, 0.4) is 0 Å². The number of amides is 1. The van der Waals surface area contributed by atoms with E-state index in [2.05, 4.69) is 5.32 Å². The molecule has 1 aromatic carbocycles. The number of hydrogen-bond donors (Lipinski definition) is 4. The van der Waals surface area contributed by atoms with Gasteiger partial charge in [0.05, 0.1) is 16.4 Å². The fourth-order valence-corrected chi connectivity index (χ4v) is 1.23. The SMILES string of the molecule is CNc1cc(O)c(NC(=O)O)cc1Cl. The first kappa shape index (κ1) is 10.5. The Morgan fingerprint density at radius 1 is 1.43 bits per heavy atom. The molecule has 1 amide bonds. The van der Waals surface area contributed by atoms with Crippen molar-refractivity contribution in [2.45, 2.75) is 0 Å². The number of nitrogens with one attached hydrogen (secondary N) is 2. The summed E-state index contributed by atoms with van der Waals surface area (Å²) < 4.78 is 0. The molecule has 0 aliphatic rings. The Bertz CT molecular complexity index is 368. The Kier molecular flexibility index (Phi) is 3.03. The van der Waals surface area contributed by atoms with E-state index in [0.717, 1.165) is 0 Å². The molecule has 0 spiro atoms. The van der Waals surface area contributed by atoms with Crippen molar-refractivity contribution in [3.63, 3.8) is 0 Å². The molecular weight excluding hydrogens is 208 g/mol. The van der Waals surface area contributed by atoms with Crippen molar-refractivity contribution >= 4 is 29.1 Å². The monoisotopic (exact) mass is 216 g/mol. The zero-order chi connectivity index (χ0) is 10.7. The number of phenols is 1. The molecule has 0 atom stereocenters. The Hall–Kier alpha value is -1.62. The molecule has 14 heavy (non-hydrogen) atoms. The molecule has 0 saturated heterocycles. The first-order valence-electron chi connectivity index (χ1n) is 3.75. The van der Waals surface area contributed by atoms with Gasteiger partial charge in [-0.3, -0.25) is 5.32 Å². The second kappa shape index (κ2) is 4.06. The summed E-state index contributed by atoms with van der Waals surface area (Å²) in [5, 5.41) is 22.9. The molecule has 0 fully saturated rings. The van der Waals surface area contributed by atoms with Crippen molar-refractivity contribution in [2.24, 2.45) is 0 Å². The molecular formula is C8H9ClN2O3. The van der Waals surface area contributed by atoms with Gasteiger partial charge in [0.15, 0.2) is 0 Å². The van der Waals surface area contributed by atoms with E-state index in [1.807, 2.05) is 5.32 Å². The predicted molar refractivity (Wildman–Crippen MR) is 54.3 cm³/mol. The van der Waals surface area contributed by atoms with Crippen molar-refractivity contribution in [1.29, 1.82) is 0 Å². The molecule has 0 unspecified atom stereocenters. The molecule has 0 bridgehead atoms. The summed E-state index contributed by atoms with van der Waals surface area (Å²) in [5.74, 6) is -0.179. The summed E-state index contributed by atoms with van der Waals surface area (Å²) in [4.78, 5) is 10.3. The largest absolute Gasteiger partial charge is 0.506 e. The lowest BCUT2D eigenvalue weighted by Gasteiger charge is -2.08. The average Bonchev–Trinajstić information content (AvgIpc) is 2.10. The minimum Gasteiger partial charge on any atom is -0.506 e. The van der Waals surface area contributed by atoms with Crippen molar-refractivity contribution in [2.75, 3.05) is 17.7 Å². The van der Waals surface area contributed by atoms with Gasteiger partial charge in [0.25, 0.3) is 0 Å². The van der Waals surface area contributed by atoms with E-state index in [1.54, 1.807) is 7.05 Å². The average molecular weight is 217 g/mol. The minimum absolute atomic E-state index is 0.0569. The van der Waals surface area contributed by atoms with Crippen LogP contribution in [-0.2, 0) is 0 Å². The fraction of sp³-hybridized carbons (Fsp3) is 0.125. The van der Waals surface area contributed by atoms with Crippen LogP contribution in [0.2, 0.25) is 5.02 Å². The fourth-order valence-electron chi connectivity index (χ4n) is 0.969. The lowest BCUT2D eigenvalue weighted by atomic mass is 10.2. The topological polar surface area (TPSA) is 81.6 Å². The predicted octanol–water partition coefficient (Wildman–Crippen LogP) is 2.18. The van der Waals surface area contributed by atoms with E-state index in [-0.39, 0.29) is 11.4 Å². The lowest BCUT2D eigenvalue weighted by Crippen LogP contribution is -2.07. The first-order valence-corrected chi connectivity index (χ1v) is 4.12. The van der Waals surface area contributed by atoms with Gasteiger partial charge >= 0.3 is 6.09 Å². The molecule has 6 heteroatoms. The van der Waals surface area contributed by atoms with Crippen LogP contribution in [0.4, 0.5) is 16.2 Å². The molecule has 5 nitrogen and oxygen atoms in total. The normalized spacial score (nSPS) is 9.57. The molecule has 0 aliphatic heterocycles. The first-order chi connectivity index (χ1) is 6.54.